The van der Waals surface area contributed by atoms with Crippen molar-refractivity contribution in [1.82, 2.24) is 4.90 Å². The topological polar surface area (TPSA) is 20.3 Å². The van der Waals surface area contributed by atoms with Gasteiger partial charge in [0.2, 0.25) is 5.91 Å². The first-order valence-electron chi connectivity index (χ1n) is 4.25. The van der Waals surface area contributed by atoms with E-state index >= 15 is 0 Å². The van der Waals surface area contributed by atoms with Crippen LogP contribution in [0.25, 0.3) is 0 Å². The van der Waals surface area contributed by atoms with Crippen molar-refractivity contribution in [3.05, 3.63) is 11.1 Å². The Bertz CT molecular complexity index is 230. The summed E-state index contributed by atoms with van der Waals surface area (Å²) in [7, 11) is 1.89. The second-order valence-corrected chi connectivity index (χ2v) is 3.45. The van der Waals surface area contributed by atoms with Gasteiger partial charge in [0.05, 0.1) is 0 Å². The van der Waals surface area contributed by atoms with E-state index in [1.807, 2.05) is 11.9 Å². The summed E-state index contributed by atoms with van der Waals surface area (Å²) in [5, 5.41) is 0. The van der Waals surface area contributed by atoms with Gasteiger partial charge in [0.15, 0.2) is 0 Å². The highest BCUT2D eigenvalue weighted by atomic mass is 16.2. The largest absolute Gasteiger partial charge is 0.338 e. The third-order valence-corrected chi connectivity index (χ3v) is 2.61. The average Bonchev–Trinajstić information content (AvgIpc) is 2.30. The molecule has 1 aliphatic carbocycles. The van der Waals surface area contributed by atoms with Crippen LogP contribution in [0.3, 0.4) is 0 Å². The summed E-state index contributed by atoms with van der Waals surface area (Å²) < 4.78 is 0. The quantitative estimate of drug-likeness (QED) is 0.511. The highest BCUT2D eigenvalue weighted by Crippen LogP contribution is 2.30. The molecular weight excluding hydrogens is 138 g/mol. The van der Waals surface area contributed by atoms with E-state index in [-0.39, 0.29) is 5.91 Å². The summed E-state index contributed by atoms with van der Waals surface area (Å²) in [4.78, 5) is 13.2. The maximum absolute atomic E-state index is 11.4. The minimum atomic E-state index is 0.278. The molecule has 0 atom stereocenters. The fourth-order valence-corrected chi connectivity index (χ4v) is 1.99. The lowest BCUT2D eigenvalue weighted by molar-refractivity contribution is -0.124. The van der Waals surface area contributed by atoms with E-state index in [1.54, 1.807) is 0 Å². The lowest BCUT2D eigenvalue weighted by atomic mass is 9.94. The minimum Gasteiger partial charge on any atom is -0.338 e. The van der Waals surface area contributed by atoms with Gasteiger partial charge in [-0.1, -0.05) is 0 Å². The molecule has 0 saturated heterocycles. The van der Waals surface area contributed by atoms with Crippen LogP contribution in [0.4, 0.5) is 0 Å². The van der Waals surface area contributed by atoms with Crippen LogP contribution in [0.1, 0.15) is 25.7 Å². The monoisotopic (exact) mass is 151 g/mol. The Morgan fingerprint density at radius 3 is 2.73 bits per heavy atom. The van der Waals surface area contributed by atoms with Crippen molar-refractivity contribution in [2.45, 2.75) is 25.7 Å². The normalized spacial score (nSPS) is 24.5. The Hall–Kier alpha value is -0.790. The van der Waals surface area contributed by atoms with Crippen molar-refractivity contribution in [3.8, 4) is 0 Å². The summed E-state index contributed by atoms with van der Waals surface area (Å²) in [6.07, 6.45) is 4.67. The number of hydrogen-bond donors (Lipinski definition) is 0. The second-order valence-electron chi connectivity index (χ2n) is 3.45. The Labute approximate surface area is 66.9 Å². The van der Waals surface area contributed by atoms with Gasteiger partial charge in [-0.3, -0.25) is 4.79 Å². The van der Waals surface area contributed by atoms with Crippen molar-refractivity contribution >= 4 is 5.91 Å². The molecular formula is C9H13NO. The molecule has 0 spiro atoms. The van der Waals surface area contributed by atoms with Crippen LogP contribution in [-0.4, -0.2) is 24.4 Å². The van der Waals surface area contributed by atoms with Gasteiger partial charge in [-0.25, -0.2) is 0 Å². The predicted octanol–water partition coefficient (Wildman–Crippen LogP) is 1.33. The first-order valence-corrected chi connectivity index (χ1v) is 4.25. The van der Waals surface area contributed by atoms with E-state index < -0.39 is 0 Å². The Morgan fingerprint density at radius 2 is 2.00 bits per heavy atom. The number of nitrogens with zero attached hydrogens (tertiary/aromatic N) is 1. The second kappa shape index (κ2) is 2.36. The first kappa shape index (κ1) is 6.89. The van der Waals surface area contributed by atoms with Gasteiger partial charge in [0.25, 0.3) is 0 Å². The molecule has 2 heteroatoms. The third kappa shape index (κ3) is 0.971. The van der Waals surface area contributed by atoms with Crippen molar-refractivity contribution in [2.24, 2.45) is 0 Å². The van der Waals surface area contributed by atoms with Crippen LogP contribution in [-0.2, 0) is 4.79 Å². The molecule has 0 saturated carbocycles. The highest BCUT2D eigenvalue weighted by molar-refractivity contribution is 5.96. The van der Waals surface area contributed by atoms with Gasteiger partial charge in [-0.05, 0) is 31.3 Å². The average molecular weight is 151 g/mol. The number of amides is 1. The number of carbonyl (C=O) groups is 1. The molecule has 0 fully saturated rings. The molecule has 11 heavy (non-hydrogen) atoms. The van der Waals surface area contributed by atoms with Gasteiger partial charge in [0, 0.05) is 19.2 Å². The molecule has 2 aliphatic rings. The lowest BCUT2D eigenvalue weighted by Crippen LogP contribution is -2.21. The minimum absolute atomic E-state index is 0.278. The van der Waals surface area contributed by atoms with E-state index in [9.17, 15) is 4.79 Å². The van der Waals surface area contributed by atoms with Crippen LogP contribution in [0.5, 0.6) is 0 Å². The number of rotatable bonds is 0. The molecule has 0 radical (unpaired) electrons. The first-order chi connectivity index (χ1) is 5.29. The molecule has 1 heterocycles. The Kier molecular flexibility index (Phi) is 1.48. The summed E-state index contributed by atoms with van der Waals surface area (Å²) in [5.74, 6) is 0.278. The molecule has 0 N–H and O–H groups in total. The van der Waals surface area contributed by atoms with Gasteiger partial charge in [0.1, 0.15) is 0 Å². The zero-order chi connectivity index (χ0) is 7.84. The maximum atomic E-state index is 11.4. The van der Waals surface area contributed by atoms with Crippen molar-refractivity contribution in [3.63, 3.8) is 0 Å². The molecule has 2 nitrogen and oxygen atoms in total. The summed E-state index contributed by atoms with van der Waals surface area (Å²) in [5.41, 5.74) is 2.53. The van der Waals surface area contributed by atoms with Gasteiger partial charge in [-0.2, -0.15) is 0 Å². The van der Waals surface area contributed by atoms with E-state index in [2.05, 4.69) is 0 Å². The SMILES string of the molecule is CN1CC2=C(CCCC2)C1=O. The number of likely N-dealkylation sites (N-methyl/N-ethyl adjacent to an activating group) is 1. The van der Waals surface area contributed by atoms with Crippen LogP contribution in [0.2, 0.25) is 0 Å². The molecule has 1 aliphatic heterocycles. The van der Waals surface area contributed by atoms with Crippen LogP contribution in [0, 0.1) is 0 Å². The Balaban J connectivity index is 2.27. The van der Waals surface area contributed by atoms with Crippen LogP contribution < -0.4 is 0 Å². The zero-order valence-corrected chi connectivity index (χ0v) is 6.89. The lowest BCUT2D eigenvalue weighted by Gasteiger charge is -2.09. The van der Waals surface area contributed by atoms with E-state index in [1.165, 1.54) is 18.4 Å². The summed E-state index contributed by atoms with van der Waals surface area (Å²) in [6, 6.07) is 0. The van der Waals surface area contributed by atoms with Crippen molar-refractivity contribution < 1.29 is 4.79 Å². The zero-order valence-electron chi connectivity index (χ0n) is 6.89. The predicted molar refractivity (Wildman–Crippen MR) is 43.1 cm³/mol. The van der Waals surface area contributed by atoms with Gasteiger partial charge < -0.3 is 4.90 Å². The van der Waals surface area contributed by atoms with Crippen molar-refractivity contribution in [2.75, 3.05) is 13.6 Å². The maximum Gasteiger partial charge on any atom is 0.249 e. The standard InChI is InChI=1S/C9H13NO/c1-10-6-7-4-2-3-5-8(7)9(10)11/h2-6H2,1H3. The molecule has 1 amide bonds. The van der Waals surface area contributed by atoms with E-state index in [4.69, 9.17) is 0 Å². The van der Waals surface area contributed by atoms with E-state index in [0.717, 1.165) is 25.0 Å². The molecule has 0 bridgehead atoms. The molecule has 2 rings (SSSR count). The molecule has 0 aromatic rings. The molecule has 0 aromatic heterocycles. The van der Waals surface area contributed by atoms with Crippen molar-refractivity contribution in [1.29, 1.82) is 0 Å². The third-order valence-electron chi connectivity index (χ3n) is 2.61. The highest BCUT2D eigenvalue weighted by Gasteiger charge is 2.28. The van der Waals surface area contributed by atoms with E-state index in [0.29, 0.717) is 0 Å². The fraction of sp³-hybridized carbons (Fsp3) is 0.667. The molecule has 0 unspecified atom stereocenters. The number of hydrogen-bond acceptors (Lipinski definition) is 1. The summed E-state index contributed by atoms with van der Waals surface area (Å²) in [6.45, 7) is 0.897. The Morgan fingerprint density at radius 1 is 1.27 bits per heavy atom. The number of carbonyl (C=O) groups excluding carboxylic acids is 1. The smallest absolute Gasteiger partial charge is 0.249 e. The molecule has 60 valence electrons. The van der Waals surface area contributed by atoms with Gasteiger partial charge in [-0.15, -0.1) is 0 Å². The van der Waals surface area contributed by atoms with Crippen LogP contribution >= 0.6 is 0 Å². The summed E-state index contributed by atoms with van der Waals surface area (Å²) >= 11 is 0. The van der Waals surface area contributed by atoms with Crippen LogP contribution in [0.15, 0.2) is 11.1 Å². The van der Waals surface area contributed by atoms with Gasteiger partial charge >= 0.3 is 0 Å². The molecule has 0 aromatic carbocycles. The fourth-order valence-electron chi connectivity index (χ4n) is 1.99.